The summed E-state index contributed by atoms with van der Waals surface area (Å²) in [6.07, 6.45) is 0.715. The summed E-state index contributed by atoms with van der Waals surface area (Å²) >= 11 is 0. The normalized spacial score (nSPS) is 14.1. The van der Waals surface area contributed by atoms with Gasteiger partial charge in [0.05, 0.1) is 13.2 Å². The average Bonchev–Trinajstić information content (AvgIpc) is 2.69. The van der Waals surface area contributed by atoms with E-state index in [1.807, 2.05) is 0 Å². The van der Waals surface area contributed by atoms with Gasteiger partial charge in [-0.1, -0.05) is 5.11 Å². The minimum Gasteiger partial charge on any atom is -0.383 e. The highest BCUT2D eigenvalue weighted by Crippen LogP contribution is 2.06. The number of carbonyl (C=O) groups excluding carboxylic acids is 1. The van der Waals surface area contributed by atoms with Gasteiger partial charge in [-0.2, -0.15) is 5.10 Å². The molecule has 0 spiro atoms. The molecule has 1 aromatic rings. The van der Waals surface area contributed by atoms with Crippen molar-refractivity contribution in [1.82, 2.24) is 19.2 Å². The fourth-order valence-electron chi connectivity index (χ4n) is 2.38. The molecule has 0 bridgehead atoms. The first kappa shape index (κ1) is 16.1. The molecule has 22 heavy (non-hydrogen) atoms. The van der Waals surface area contributed by atoms with Crippen molar-refractivity contribution >= 4 is 5.91 Å². The number of carbonyl (C=O) groups is 1. The molecule has 0 radical (unpaired) electrons. The molecule has 1 aliphatic rings. The Balaban J connectivity index is 2.00. The summed E-state index contributed by atoms with van der Waals surface area (Å²) in [7, 11) is 1.58. The Morgan fingerprint density at radius 2 is 2.27 bits per heavy atom. The van der Waals surface area contributed by atoms with E-state index in [0.717, 1.165) is 0 Å². The SMILES string of the molecule is COCCn1nc2n(c1=O)CCN(C(=O)CCN=[N+]=[N-])CC2. The number of hydrogen-bond acceptors (Lipinski definition) is 5. The smallest absolute Gasteiger partial charge is 0.346 e. The monoisotopic (exact) mass is 309 g/mol. The molecule has 0 aromatic carbocycles. The van der Waals surface area contributed by atoms with Gasteiger partial charge in [0.15, 0.2) is 0 Å². The number of hydrogen-bond donors (Lipinski definition) is 0. The van der Waals surface area contributed by atoms with Crippen molar-refractivity contribution in [3.8, 4) is 0 Å². The van der Waals surface area contributed by atoms with Crippen LogP contribution in [-0.2, 0) is 29.0 Å². The third-order valence-corrected chi connectivity index (χ3v) is 3.55. The zero-order chi connectivity index (χ0) is 15.9. The number of aromatic nitrogens is 3. The van der Waals surface area contributed by atoms with Crippen molar-refractivity contribution in [3.05, 3.63) is 26.8 Å². The first-order valence-electron chi connectivity index (χ1n) is 7.11. The van der Waals surface area contributed by atoms with Gasteiger partial charge in [0.25, 0.3) is 0 Å². The molecule has 0 fully saturated rings. The highest BCUT2D eigenvalue weighted by atomic mass is 16.5. The van der Waals surface area contributed by atoms with Crippen molar-refractivity contribution in [3.63, 3.8) is 0 Å². The summed E-state index contributed by atoms with van der Waals surface area (Å²) in [5.74, 6) is 0.615. The van der Waals surface area contributed by atoms with E-state index in [9.17, 15) is 9.59 Å². The van der Waals surface area contributed by atoms with Crippen LogP contribution in [0.3, 0.4) is 0 Å². The lowest BCUT2D eigenvalue weighted by molar-refractivity contribution is -0.131. The molecule has 2 rings (SSSR count). The molecule has 2 heterocycles. The Labute approximate surface area is 126 Å². The lowest BCUT2D eigenvalue weighted by Crippen LogP contribution is -2.35. The summed E-state index contributed by atoms with van der Waals surface area (Å²) in [5.41, 5.74) is 8.05. The Morgan fingerprint density at radius 1 is 1.45 bits per heavy atom. The molecule has 10 nitrogen and oxygen atoms in total. The Kier molecular flexibility index (Phi) is 5.56. The summed E-state index contributed by atoms with van der Waals surface area (Å²) in [5, 5.41) is 7.66. The van der Waals surface area contributed by atoms with Crippen molar-refractivity contribution < 1.29 is 9.53 Å². The topological polar surface area (TPSA) is 118 Å². The predicted octanol–water partition coefficient (Wildman–Crippen LogP) is -0.224. The van der Waals surface area contributed by atoms with Crippen LogP contribution < -0.4 is 5.69 Å². The first-order chi connectivity index (χ1) is 10.7. The second-order valence-corrected chi connectivity index (χ2v) is 4.90. The maximum absolute atomic E-state index is 12.2. The molecule has 0 saturated carbocycles. The standard InChI is InChI=1S/C12H19N7O3/c1-22-9-8-19-12(21)18-7-6-17(5-3-10(18)15-19)11(20)2-4-14-16-13/h2-9H2,1H3. The predicted molar refractivity (Wildman–Crippen MR) is 77.3 cm³/mol. The van der Waals surface area contributed by atoms with Gasteiger partial charge in [-0.25, -0.2) is 9.48 Å². The molecule has 10 heteroatoms. The van der Waals surface area contributed by atoms with Crippen LogP contribution in [0.5, 0.6) is 0 Å². The quantitative estimate of drug-likeness (QED) is 0.410. The van der Waals surface area contributed by atoms with Crippen LogP contribution in [0, 0.1) is 0 Å². The van der Waals surface area contributed by atoms with Crippen molar-refractivity contribution in [2.24, 2.45) is 5.11 Å². The number of fused-ring (bicyclic) bond motifs is 1. The Bertz CT molecular complexity index is 629. The summed E-state index contributed by atoms with van der Waals surface area (Å²) in [6.45, 7) is 2.40. The number of azide groups is 1. The van der Waals surface area contributed by atoms with E-state index >= 15 is 0 Å². The number of ether oxygens (including phenoxy) is 1. The number of rotatable bonds is 6. The van der Waals surface area contributed by atoms with E-state index in [4.69, 9.17) is 10.3 Å². The van der Waals surface area contributed by atoms with Crippen LogP contribution in [0.1, 0.15) is 12.2 Å². The lowest BCUT2D eigenvalue weighted by atomic mass is 10.3. The van der Waals surface area contributed by atoms with E-state index in [-0.39, 0.29) is 24.6 Å². The molecule has 0 unspecified atom stereocenters. The maximum atomic E-state index is 12.2. The van der Waals surface area contributed by atoms with Gasteiger partial charge in [-0.15, -0.1) is 0 Å². The van der Waals surface area contributed by atoms with Crippen LogP contribution in [0.25, 0.3) is 10.4 Å². The van der Waals surface area contributed by atoms with E-state index in [1.54, 1.807) is 16.6 Å². The van der Waals surface area contributed by atoms with Crippen LogP contribution in [0.15, 0.2) is 9.91 Å². The maximum Gasteiger partial charge on any atom is 0.346 e. The van der Waals surface area contributed by atoms with Gasteiger partial charge >= 0.3 is 5.69 Å². The molecule has 1 amide bonds. The molecular formula is C12H19N7O3. The minimum atomic E-state index is -0.171. The molecule has 0 atom stereocenters. The molecular weight excluding hydrogens is 290 g/mol. The van der Waals surface area contributed by atoms with Gasteiger partial charge < -0.3 is 9.64 Å². The fourth-order valence-corrected chi connectivity index (χ4v) is 2.38. The lowest BCUT2D eigenvalue weighted by Gasteiger charge is -2.19. The molecule has 120 valence electrons. The van der Waals surface area contributed by atoms with Gasteiger partial charge in [0.1, 0.15) is 5.82 Å². The van der Waals surface area contributed by atoms with Crippen LogP contribution in [0.4, 0.5) is 0 Å². The molecule has 1 aromatic heterocycles. The second kappa shape index (κ2) is 7.62. The number of nitrogens with zero attached hydrogens (tertiary/aromatic N) is 7. The van der Waals surface area contributed by atoms with Crippen molar-refractivity contribution in [1.29, 1.82) is 0 Å². The van der Waals surface area contributed by atoms with E-state index in [1.165, 1.54) is 4.68 Å². The fraction of sp³-hybridized carbons (Fsp3) is 0.750. The van der Waals surface area contributed by atoms with E-state index in [0.29, 0.717) is 45.0 Å². The minimum absolute atomic E-state index is 0.0714. The highest BCUT2D eigenvalue weighted by molar-refractivity contribution is 5.76. The number of methoxy groups -OCH3 is 1. The van der Waals surface area contributed by atoms with Gasteiger partial charge in [0.2, 0.25) is 5.91 Å². The van der Waals surface area contributed by atoms with Crippen molar-refractivity contribution in [2.45, 2.75) is 25.9 Å². The van der Waals surface area contributed by atoms with Crippen LogP contribution in [-0.4, -0.2) is 58.5 Å². The summed E-state index contributed by atoms with van der Waals surface area (Å²) in [6, 6.07) is 0. The second-order valence-electron chi connectivity index (χ2n) is 4.90. The zero-order valence-corrected chi connectivity index (χ0v) is 12.5. The average molecular weight is 309 g/mol. The van der Waals surface area contributed by atoms with Gasteiger partial charge in [-0.3, -0.25) is 9.36 Å². The summed E-state index contributed by atoms with van der Waals surface area (Å²) in [4.78, 5) is 28.5. The first-order valence-corrected chi connectivity index (χ1v) is 7.11. The van der Waals surface area contributed by atoms with Gasteiger partial charge in [-0.05, 0) is 5.53 Å². The molecule has 1 aliphatic heterocycles. The molecule has 0 aliphatic carbocycles. The highest BCUT2D eigenvalue weighted by Gasteiger charge is 2.21. The van der Waals surface area contributed by atoms with Gasteiger partial charge in [0, 0.05) is 51.0 Å². The van der Waals surface area contributed by atoms with E-state index < -0.39 is 0 Å². The Morgan fingerprint density at radius 3 is 3.00 bits per heavy atom. The molecule has 0 saturated heterocycles. The third kappa shape index (κ3) is 3.66. The zero-order valence-electron chi connectivity index (χ0n) is 12.5. The number of amides is 1. The summed E-state index contributed by atoms with van der Waals surface area (Å²) < 4.78 is 7.96. The molecule has 0 N–H and O–H groups in total. The third-order valence-electron chi connectivity index (χ3n) is 3.55. The largest absolute Gasteiger partial charge is 0.383 e. The Hall–Kier alpha value is -2.32. The van der Waals surface area contributed by atoms with Crippen LogP contribution >= 0.6 is 0 Å². The van der Waals surface area contributed by atoms with Crippen LogP contribution in [0.2, 0.25) is 0 Å². The van der Waals surface area contributed by atoms with E-state index in [2.05, 4.69) is 15.1 Å². The van der Waals surface area contributed by atoms with Crippen molar-refractivity contribution in [2.75, 3.05) is 33.4 Å².